The second-order valence-corrected chi connectivity index (χ2v) is 7.08. The molecule has 1 aromatic heterocycles. The first-order valence-corrected chi connectivity index (χ1v) is 9.42. The molecule has 27 heavy (non-hydrogen) atoms. The lowest BCUT2D eigenvalue weighted by Crippen LogP contribution is -2.43. The maximum Gasteiger partial charge on any atom is 0.287 e. The van der Waals surface area contributed by atoms with Gasteiger partial charge in [0.2, 0.25) is 0 Å². The van der Waals surface area contributed by atoms with Crippen molar-refractivity contribution in [3.8, 4) is 0 Å². The summed E-state index contributed by atoms with van der Waals surface area (Å²) in [4.78, 5) is 15.1. The number of hydrogen-bond acceptors (Lipinski definition) is 4. The molecule has 0 bridgehead atoms. The molecular weight excluding hydrogens is 364 g/mol. The smallest absolute Gasteiger partial charge is 0.287 e. The van der Waals surface area contributed by atoms with E-state index >= 15 is 0 Å². The van der Waals surface area contributed by atoms with Gasteiger partial charge in [-0.05, 0) is 29.8 Å². The Balaban J connectivity index is 1.54. The van der Waals surface area contributed by atoms with E-state index in [9.17, 15) is 4.79 Å². The average molecular weight is 385 g/mol. The fraction of sp³-hybridized carbons (Fsp3) is 0.286. The van der Waals surface area contributed by atoms with Crippen LogP contribution >= 0.6 is 11.6 Å². The highest BCUT2D eigenvalue weighted by Crippen LogP contribution is 2.24. The van der Waals surface area contributed by atoms with Gasteiger partial charge in [0.05, 0.1) is 19.3 Å². The fourth-order valence-electron chi connectivity index (χ4n) is 3.32. The van der Waals surface area contributed by atoms with Crippen molar-refractivity contribution < 1.29 is 13.9 Å². The van der Waals surface area contributed by atoms with E-state index in [4.69, 9.17) is 20.8 Å². The summed E-state index contributed by atoms with van der Waals surface area (Å²) >= 11 is 6.02. The molecule has 0 spiro atoms. The van der Waals surface area contributed by atoms with Crippen LogP contribution in [0.5, 0.6) is 0 Å². The van der Waals surface area contributed by atoms with E-state index in [0.29, 0.717) is 10.6 Å². The molecule has 1 N–H and O–H groups in total. The average Bonchev–Trinajstić information content (AvgIpc) is 3.12. The summed E-state index contributed by atoms with van der Waals surface area (Å²) in [6.45, 7) is 3.90. The van der Waals surface area contributed by atoms with Crippen molar-refractivity contribution in [3.63, 3.8) is 0 Å². The quantitative estimate of drug-likeness (QED) is 0.725. The first-order chi connectivity index (χ1) is 13.2. The number of ether oxygens (including phenoxy) is 1. The molecule has 3 aromatic rings. The van der Waals surface area contributed by atoms with Gasteiger partial charge < -0.3 is 14.5 Å². The van der Waals surface area contributed by atoms with E-state index in [1.54, 1.807) is 24.3 Å². The minimum Gasteiger partial charge on any atom is -0.451 e. The summed E-state index contributed by atoms with van der Waals surface area (Å²) in [5, 5.41) is 4.56. The van der Waals surface area contributed by atoms with Crippen LogP contribution in [0.15, 0.2) is 59.0 Å². The van der Waals surface area contributed by atoms with Gasteiger partial charge in [0.15, 0.2) is 5.76 Å². The molecule has 1 atom stereocenters. The van der Waals surface area contributed by atoms with Gasteiger partial charge in [0.25, 0.3) is 5.91 Å². The van der Waals surface area contributed by atoms with Crippen molar-refractivity contribution in [1.29, 1.82) is 0 Å². The minimum atomic E-state index is -0.232. The molecule has 0 aliphatic carbocycles. The van der Waals surface area contributed by atoms with E-state index < -0.39 is 0 Å². The number of halogens is 1. The Morgan fingerprint density at radius 3 is 2.67 bits per heavy atom. The van der Waals surface area contributed by atoms with E-state index in [2.05, 4.69) is 10.2 Å². The molecule has 1 unspecified atom stereocenters. The maximum atomic E-state index is 12.8. The zero-order chi connectivity index (χ0) is 18.6. The topological polar surface area (TPSA) is 54.7 Å². The lowest BCUT2D eigenvalue weighted by molar-refractivity contribution is 0.0331. The molecule has 1 aliphatic heterocycles. The van der Waals surface area contributed by atoms with Crippen molar-refractivity contribution in [2.45, 2.75) is 6.04 Å². The van der Waals surface area contributed by atoms with Gasteiger partial charge in [-0.2, -0.15) is 0 Å². The van der Waals surface area contributed by atoms with Crippen LogP contribution in [0, 0.1) is 0 Å². The van der Waals surface area contributed by atoms with Crippen molar-refractivity contribution in [1.82, 2.24) is 10.2 Å². The number of amides is 1. The zero-order valence-corrected chi connectivity index (χ0v) is 15.6. The lowest BCUT2D eigenvalue weighted by atomic mass is 10.1. The Morgan fingerprint density at radius 2 is 1.89 bits per heavy atom. The standard InChI is InChI=1S/C21H21ClN2O3/c22-17-6-7-19-16(12-17)13-20(27-19)21(25)23-18(15-4-2-1-3-5-15)14-24-8-10-26-11-9-24/h1-7,12-13,18H,8-11,14H2,(H,23,25). The summed E-state index contributed by atoms with van der Waals surface area (Å²) in [6.07, 6.45) is 0. The Morgan fingerprint density at radius 1 is 1.11 bits per heavy atom. The highest BCUT2D eigenvalue weighted by molar-refractivity contribution is 6.31. The van der Waals surface area contributed by atoms with Crippen molar-refractivity contribution in [2.75, 3.05) is 32.8 Å². The van der Waals surface area contributed by atoms with Gasteiger partial charge in [-0.15, -0.1) is 0 Å². The number of hydrogen-bond donors (Lipinski definition) is 1. The number of benzene rings is 2. The molecule has 4 rings (SSSR count). The van der Waals surface area contributed by atoms with Crippen LogP contribution in [0.2, 0.25) is 5.02 Å². The van der Waals surface area contributed by atoms with Crippen LogP contribution in [0.4, 0.5) is 0 Å². The third-order valence-electron chi connectivity index (χ3n) is 4.75. The van der Waals surface area contributed by atoms with E-state index in [1.807, 2.05) is 30.3 Å². The second kappa shape index (κ2) is 8.13. The lowest BCUT2D eigenvalue weighted by Gasteiger charge is -2.31. The molecule has 2 aromatic carbocycles. The van der Waals surface area contributed by atoms with Crippen molar-refractivity contribution in [2.24, 2.45) is 0 Å². The van der Waals surface area contributed by atoms with Crippen LogP contribution in [0.1, 0.15) is 22.2 Å². The molecule has 1 amide bonds. The number of fused-ring (bicyclic) bond motifs is 1. The molecule has 1 fully saturated rings. The number of nitrogens with zero attached hydrogens (tertiary/aromatic N) is 1. The minimum absolute atomic E-state index is 0.131. The Hall–Kier alpha value is -2.34. The van der Waals surface area contributed by atoms with E-state index in [-0.39, 0.29) is 17.7 Å². The Labute approximate surface area is 162 Å². The van der Waals surface area contributed by atoms with E-state index in [1.165, 1.54) is 0 Å². The largest absolute Gasteiger partial charge is 0.451 e. The molecule has 1 saturated heterocycles. The highest BCUT2D eigenvalue weighted by atomic mass is 35.5. The number of furan rings is 1. The van der Waals surface area contributed by atoms with Gasteiger partial charge in [-0.1, -0.05) is 41.9 Å². The van der Waals surface area contributed by atoms with Gasteiger partial charge in [-0.25, -0.2) is 0 Å². The monoisotopic (exact) mass is 384 g/mol. The Bertz CT molecular complexity index is 920. The molecule has 6 heteroatoms. The third-order valence-corrected chi connectivity index (χ3v) is 4.99. The first kappa shape index (κ1) is 18.0. The molecule has 1 aliphatic rings. The van der Waals surface area contributed by atoms with Gasteiger partial charge >= 0.3 is 0 Å². The van der Waals surface area contributed by atoms with Crippen LogP contribution in [0.25, 0.3) is 11.0 Å². The third kappa shape index (κ3) is 4.33. The van der Waals surface area contributed by atoms with Gasteiger partial charge in [0.1, 0.15) is 5.58 Å². The van der Waals surface area contributed by atoms with Crippen LogP contribution in [-0.2, 0) is 4.74 Å². The molecule has 140 valence electrons. The summed E-state index contributed by atoms with van der Waals surface area (Å²) in [5.41, 5.74) is 1.71. The van der Waals surface area contributed by atoms with Crippen LogP contribution in [-0.4, -0.2) is 43.7 Å². The van der Waals surface area contributed by atoms with Gasteiger partial charge in [0, 0.05) is 30.0 Å². The van der Waals surface area contributed by atoms with E-state index in [0.717, 1.165) is 43.8 Å². The predicted octanol–water partition coefficient (Wildman–Crippen LogP) is 3.89. The number of carbonyl (C=O) groups excluding carboxylic acids is 1. The summed E-state index contributed by atoms with van der Waals surface area (Å²) in [5.74, 6) is 0.0552. The fourth-order valence-corrected chi connectivity index (χ4v) is 3.50. The van der Waals surface area contributed by atoms with Gasteiger partial charge in [-0.3, -0.25) is 9.69 Å². The van der Waals surface area contributed by atoms with Crippen molar-refractivity contribution in [3.05, 3.63) is 70.9 Å². The molecular formula is C21H21ClN2O3. The number of carbonyl (C=O) groups is 1. The normalized spacial score (nSPS) is 16.3. The van der Waals surface area contributed by atoms with Crippen LogP contribution in [0.3, 0.4) is 0 Å². The molecule has 5 nitrogen and oxygen atoms in total. The predicted molar refractivity (Wildman–Crippen MR) is 105 cm³/mol. The van der Waals surface area contributed by atoms with Crippen LogP contribution < -0.4 is 5.32 Å². The number of morpholine rings is 1. The number of nitrogens with one attached hydrogen (secondary N) is 1. The SMILES string of the molecule is O=C(NC(CN1CCOCC1)c1ccccc1)c1cc2cc(Cl)ccc2o1. The molecule has 0 saturated carbocycles. The highest BCUT2D eigenvalue weighted by Gasteiger charge is 2.22. The first-order valence-electron chi connectivity index (χ1n) is 9.04. The molecule has 0 radical (unpaired) electrons. The summed E-state index contributed by atoms with van der Waals surface area (Å²) in [6, 6.07) is 16.9. The van der Waals surface area contributed by atoms with Crippen molar-refractivity contribution >= 4 is 28.5 Å². The maximum absolute atomic E-state index is 12.8. The Kier molecular flexibility index (Phi) is 5.43. The summed E-state index contributed by atoms with van der Waals surface area (Å²) in [7, 11) is 0. The zero-order valence-electron chi connectivity index (χ0n) is 14.9. The second-order valence-electron chi connectivity index (χ2n) is 6.64. The molecule has 2 heterocycles. The summed E-state index contributed by atoms with van der Waals surface area (Å²) < 4.78 is 11.1. The number of rotatable bonds is 5.